The molecule has 0 aliphatic rings. The van der Waals surface area contributed by atoms with Crippen molar-refractivity contribution in [3.05, 3.63) is 59.7 Å². The second-order valence-electron chi connectivity index (χ2n) is 9.00. The molecule has 0 aromatic heterocycles. The molecule has 0 atom stereocenters. The SMILES string of the molecule is C[CH]=[Zr+2].C[Si](C)(C)OCCC[c-]1cccc1.C[Si](C)(C)OCCC[c-]1cccc1.[Cl-].[Cl-]. The number of rotatable bonds is 10. The predicted octanol–water partition coefficient (Wildman–Crippen LogP) is 0.743. The second kappa shape index (κ2) is 21.0. The zero-order valence-electron chi connectivity index (χ0n) is 20.5. The van der Waals surface area contributed by atoms with Gasteiger partial charge in [-0.25, -0.2) is 24.3 Å². The van der Waals surface area contributed by atoms with Crippen LogP contribution in [-0.2, 0) is 45.9 Å². The van der Waals surface area contributed by atoms with Crippen LogP contribution in [0.15, 0.2) is 48.5 Å². The van der Waals surface area contributed by atoms with Gasteiger partial charge >= 0.3 is 34.9 Å². The van der Waals surface area contributed by atoms with E-state index in [4.69, 9.17) is 8.85 Å². The first-order valence-electron chi connectivity index (χ1n) is 10.7. The first-order chi connectivity index (χ1) is 13.6. The third-order valence-electron chi connectivity index (χ3n) is 3.75. The van der Waals surface area contributed by atoms with Gasteiger partial charge in [-0.3, -0.25) is 0 Å². The fourth-order valence-electron chi connectivity index (χ4n) is 2.47. The molecule has 2 nitrogen and oxygen atoms in total. The Morgan fingerprint density at radius 2 is 0.935 bits per heavy atom. The molecule has 0 radical (unpaired) electrons. The summed E-state index contributed by atoms with van der Waals surface area (Å²) in [5.41, 5.74) is 2.86. The largest absolute Gasteiger partial charge is 1.00 e. The van der Waals surface area contributed by atoms with Gasteiger partial charge in [0.25, 0.3) is 0 Å². The summed E-state index contributed by atoms with van der Waals surface area (Å²) in [7, 11) is -2.56. The summed E-state index contributed by atoms with van der Waals surface area (Å²) in [6.07, 6.45) is 4.59. The van der Waals surface area contributed by atoms with E-state index in [1.807, 2.05) is 6.92 Å². The number of aryl methyl sites for hydroxylation is 2. The van der Waals surface area contributed by atoms with E-state index in [1.165, 1.54) is 35.4 Å². The maximum absolute atomic E-state index is 5.77. The molecule has 0 saturated carbocycles. The summed E-state index contributed by atoms with van der Waals surface area (Å²) in [6, 6.07) is 17.1. The van der Waals surface area contributed by atoms with Crippen LogP contribution in [0.5, 0.6) is 0 Å². The van der Waals surface area contributed by atoms with Gasteiger partial charge in [-0.2, -0.15) is 35.4 Å². The molecule has 0 N–H and O–H groups in total. The molecule has 2 aromatic carbocycles. The Morgan fingerprint density at radius 1 is 0.677 bits per heavy atom. The van der Waals surface area contributed by atoms with Crippen LogP contribution in [0.2, 0.25) is 39.3 Å². The Balaban J connectivity index is -0.000000424. The summed E-state index contributed by atoms with van der Waals surface area (Å²) in [6.45, 7) is 17.3. The summed E-state index contributed by atoms with van der Waals surface area (Å²) in [4.78, 5) is 0. The predicted molar refractivity (Wildman–Crippen MR) is 131 cm³/mol. The van der Waals surface area contributed by atoms with Crippen molar-refractivity contribution in [1.82, 2.24) is 0 Å². The molecule has 0 unspecified atom stereocenters. The molecule has 0 bridgehead atoms. The van der Waals surface area contributed by atoms with Crippen LogP contribution in [0.3, 0.4) is 0 Å². The third-order valence-corrected chi connectivity index (χ3v) is 5.89. The Labute approximate surface area is 221 Å². The molecule has 0 spiro atoms. The molecule has 0 saturated heterocycles. The Hall–Kier alpha value is 0.387. The maximum atomic E-state index is 5.77. The molecule has 0 fully saturated rings. The number of hydrogen-bond donors (Lipinski definition) is 0. The van der Waals surface area contributed by atoms with Gasteiger partial charge < -0.3 is 33.7 Å². The summed E-state index contributed by atoms with van der Waals surface area (Å²) in [5, 5.41) is 0. The third kappa shape index (κ3) is 26.5. The van der Waals surface area contributed by atoms with Crippen molar-refractivity contribution >= 4 is 20.3 Å². The Bertz CT molecular complexity index is 552. The monoisotopic (exact) mass is 578 g/mol. The van der Waals surface area contributed by atoms with Gasteiger partial charge in [0.1, 0.15) is 0 Å². The first kappa shape index (κ1) is 36.0. The minimum Gasteiger partial charge on any atom is -1.00 e. The van der Waals surface area contributed by atoms with Crippen molar-refractivity contribution in [2.75, 3.05) is 13.2 Å². The van der Waals surface area contributed by atoms with Crippen LogP contribution < -0.4 is 24.8 Å². The standard InChI is InChI=1S/2C11H19OSi.C2H4.2ClH.Zr/c2*1-13(2,3)12-10-6-9-11-7-4-5-8-11;1-2;;;/h2*4-5,7-8H,6,9-10H2,1-3H3;1H,2H3;2*1H;/q2*-1;;;;+2/p-2. The fourth-order valence-corrected chi connectivity index (χ4v) is 3.98. The van der Waals surface area contributed by atoms with Gasteiger partial charge in [0, 0.05) is 13.2 Å². The molecule has 0 heterocycles. The number of hydrogen-bond acceptors (Lipinski definition) is 2. The molecular formula is C24H42Cl2O2Si2Zr-2. The van der Waals surface area contributed by atoms with E-state index in [1.54, 1.807) is 0 Å². The van der Waals surface area contributed by atoms with Gasteiger partial charge in [0.05, 0.1) is 0 Å². The van der Waals surface area contributed by atoms with Crippen molar-refractivity contribution in [1.29, 1.82) is 0 Å². The quantitative estimate of drug-likeness (QED) is 0.235. The summed E-state index contributed by atoms with van der Waals surface area (Å²) in [5.74, 6) is 0. The first-order valence-corrected chi connectivity index (χ1v) is 18.9. The average Bonchev–Trinajstić information content (AvgIpc) is 3.29. The maximum Gasteiger partial charge on any atom is 0.183 e. The van der Waals surface area contributed by atoms with Crippen LogP contribution in [0.1, 0.15) is 30.9 Å². The molecule has 31 heavy (non-hydrogen) atoms. The zero-order chi connectivity index (χ0) is 22.2. The van der Waals surface area contributed by atoms with Gasteiger partial charge in [0.15, 0.2) is 16.6 Å². The molecule has 0 aliphatic heterocycles. The van der Waals surface area contributed by atoms with Crippen LogP contribution >= 0.6 is 0 Å². The van der Waals surface area contributed by atoms with Crippen LogP contribution in [0.4, 0.5) is 0 Å². The van der Waals surface area contributed by atoms with E-state index >= 15 is 0 Å². The minimum absolute atomic E-state index is 0. The van der Waals surface area contributed by atoms with E-state index in [0.717, 1.165) is 38.9 Å². The smallest absolute Gasteiger partial charge is 0.183 e. The van der Waals surface area contributed by atoms with Crippen molar-refractivity contribution in [2.24, 2.45) is 0 Å². The van der Waals surface area contributed by atoms with Crippen LogP contribution in [-0.4, -0.2) is 33.6 Å². The van der Waals surface area contributed by atoms with Crippen molar-refractivity contribution in [3.63, 3.8) is 0 Å². The van der Waals surface area contributed by atoms with E-state index in [-0.39, 0.29) is 24.8 Å². The van der Waals surface area contributed by atoms with E-state index in [0.29, 0.717) is 0 Å². The van der Waals surface area contributed by atoms with E-state index in [9.17, 15) is 0 Å². The zero-order valence-corrected chi connectivity index (χ0v) is 26.5. The van der Waals surface area contributed by atoms with E-state index in [2.05, 4.69) is 91.5 Å². The van der Waals surface area contributed by atoms with Crippen LogP contribution in [0.25, 0.3) is 0 Å². The van der Waals surface area contributed by atoms with Crippen LogP contribution in [0, 0.1) is 0 Å². The Morgan fingerprint density at radius 3 is 1.16 bits per heavy atom. The van der Waals surface area contributed by atoms with Crippen molar-refractivity contribution in [3.8, 4) is 0 Å². The Kier molecular flexibility index (Phi) is 24.3. The normalized spacial score (nSPS) is 10.5. The van der Waals surface area contributed by atoms with Crippen molar-refractivity contribution < 1.29 is 57.9 Å². The van der Waals surface area contributed by atoms with Gasteiger partial charge in [-0.05, 0) is 52.1 Å². The van der Waals surface area contributed by atoms with Gasteiger partial charge in [0.2, 0.25) is 0 Å². The molecule has 0 aliphatic carbocycles. The molecule has 7 heteroatoms. The minimum atomic E-state index is -1.28. The summed E-state index contributed by atoms with van der Waals surface area (Å²) < 4.78 is 13.6. The molecule has 2 rings (SSSR count). The number of halogens is 2. The molecule has 0 amide bonds. The fraction of sp³-hybridized carbons (Fsp3) is 0.542. The van der Waals surface area contributed by atoms with Crippen molar-refractivity contribution in [2.45, 2.75) is 71.9 Å². The summed E-state index contributed by atoms with van der Waals surface area (Å²) >= 11 is 1.51. The van der Waals surface area contributed by atoms with Gasteiger partial charge in [-0.15, -0.1) is 0 Å². The average molecular weight is 581 g/mol. The second-order valence-corrected chi connectivity index (χ2v) is 19.4. The molecular weight excluding hydrogens is 539 g/mol. The van der Waals surface area contributed by atoms with Gasteiger partial charge in [-0.1, -0.05) is 12.8 Å². The molecule has 2 aromatic rings. The topological polar surface area (TPSA) is 18.5 Å². The molecule has 178 valence electrons. The van der Waals surface area contributed by atoms with E-state index < -0.39 is 16.6 Å².